The van der Waals surface area contributed by atoms with E-state index in [2.05, 4.69) is 0 Å². The maximum atomic E-state index is 13.5. The average Bonchev–Trinajstić information content (AvgIpc) is 2.87. The zero-order chi connectivity index (χ0) is 14.0. The molecule has 1 N–H and O–H groups in total. The monoisotopic (exact) mass is 284 g/mol. The lowest BCUT2D eigenvalue weighted by Gasteiger charge is -2.22. The lowest BCUT2D eigenvalue weighted by atomic mass is 10.2. The molecule has 2 rings (SSSR count). The van der Waals surface area contributed by atoms with Crippen LogP contribution in [0.15, 0.2) is 23.1 Å². The number of rotatable bonds is 3. The van der Waals surface area contributed by atoms with Gasteiger partial charge in [0.05, 0.1) is 6.61 Å². The van der Waals surface area contributed by atoms with E-state index in [0.717, 1.165) is 10.4 Å². The third-order valence-corrected chi connectivity index (χ3v) is 5.20. The number of hydrogen-bond acceptors (Lipinski definition) is 4. The summed E-state index contributed by atoms with van der Waals surface area (Å²) in [6, 6.07) is 4.60. The summed E-state index contributed by atoms with van der Waals surface area (Å²) in [6.45, 7) is -0.00856. The minimum atomic E-state index is -3.95. The van der Waals surface area contributed by atoms with E-state index >= 15 is 0 Å². The maximum absolute atomic E-state index is 13.5. The standard InChI is InChI=1S/C12H13FN2O3S/c13-11-4-1-5-12(10(11)7-14)19(17,18)15-6-2-3-9(15)8-16/h1,4-5,9,16H,2-3,6,8H2. The van der Waals surface area contributed by atoms with Crippen LogP contribution in [0.5, 0.6) is 0 Å². The smallest absolute Gasteiger partial charge is 0.244 e. The van der Waals surface area contributed by atoms with E-state index in [9.17, 15) is 17.9 Å². The summed E-state index contributed by atoms with van der Waals surface area (Å²) in [7, 11) is -3.95. The van der Waals surface area contributed by atoms with Gasteiger partial charge in [0.1, 0.15) is 22.3 Å². The summed E-state index contributed by atoms with van der Waals surface area (Å²) < 4.78 is 39.5. The average molecular weight is 284 g/mol. The van der Waals surface area contributed by atoms with E-state index in [1.54, 1.807) is 6.07 Å². The highest BCUT2D eigenvalue weighted by molar-refractivity contribution is 7.89. The number of benzene rings is 1. The number of aliphatic hydroxyl groups is 1. The Bertz CT molecular complexity index is 624. The Labute approximate surface area is 110 Å². The van der Waals surface area contributed by atoms with Crippen molar-refractivity contribution in [1.82, 2.24) is 4.31 Å². The molecule has 0 aliphatic carbocycles. The van der Waals surface area contributed by atoms with Crippen molar-refractivity contribution >= 4 is 10.0 Å². The predicted molar refractivity (Wildman–Crippen MR) is 65.1 cm³/mol. The molecule has 1 aliphatic heterocycles. The van der Waals surface area contributed by atoms with Crippen molar-refractivity contribution in [2.45, 2.75) is 23.8 Å². The van der Waals surface area contributed by atoms with Crippen molar-refractivity contribution in [3.63, 3.8) is 0 Å². The van der Waals surface area contributed by atoms with Gasteiger partial charge in [-0.15, -0.1) is 0 Å². The van der Waals surface area contributed by atoms with Crippen LogP contribution in [0.3, 0.4) is 0 Å². The Balaban J connectivity index is 2.52. The van der Waals surface area contributed by atoms with Crippen molar-refractivity contribution in [2.75, 3.05) is 13.2 Å². The first-order valence-electron chi connectivity index (χ1n) is 5.83. The fourth-order valence-electron chi connectivity index (χ4n) is 2.26. The Hall–Kier alpha value is -1.49. The summed E-state index contributed by atoms with van der Waals surface area (Å²) in [5.74, 6) is -0.858. The quantitative estimate of drug-likeness (QED) is 0.892. The van der Waals surface area contributed by atoms with Crippen molar-refractivity contribution < 1.29 is 17.9 Å². The molecule has 1 fully saturated rings. The molecule has 1 aliphatic rings. The zero-order valence-electron chi connectivity index (χ0n) is 10.1. The first-order valence-corrected chi connectivity index (χ1v) is 7.27. The van der Waals surface area contributed by atoms with Gasteiger partial charge in [0.25, 0.3) is 0 Å². The topological polar surface area (TPSA) is 81.4 Å². The molecule has 1 saturated heterocycles. The second-order valence-corrected chi connectivity index (χ2v) is 6.18. The first-order chi connectivity index (χ1) is 9.02. The van der Waals surface area contributed by atoms with Crippen LogP contribution in [-0.2, 0) is 10.0 Å². The number of nitriles is 1. The van der Waals surface area contributed by atoms with Gasteiger partial charge in [0.15, 0.2) is 0 Å². The highest BCUT2D eigenvalue weighted by Crippen LogP contribution is 2.28. The number of hydrogen-bond donors (Lipinski definition) is 1. The van der Waals surface area contributed by atoms with Crippen molar-refractivity contribution in [2.24, 2.45) is 0 Å². The molecular weight excluding hydrogens is 271 g/mol. The fourth-order valence-corrected chi connectivity index (χ4v) is 4.10. The molecule has 0 saturated carbocycles. The minimum Gasteiger partial charge on any atom is -0.395 e. The highest BCUT2D eigenvalue weighted by atomic mass is 32.2. The Morgan fingerprint density at radius 2 is 2.26 bits per heavy atom. The van der Waals surface area contributed by atoms with Crippen LogP contribution in [0.2, 0.25) is 0 Å². The number of nitrogens with zero attached hydrogens (tertiary/aromatic N) is 2. The molecule has 0 amide bonds. The van der Waals surface area contributed by atoms with E-state index in [1.165, 1.54) is 12.1 Å². The van der Waals surface area contributed by atoms with Gasteiger partial charge < -0.3 is 5.11 Å². The van der Waals surface area contributed by atoms with Gasteiger partial charge in [0.2, 0.25) is 10.0 Å². The molecule has 7 heteroatoms. The van der Waals surface area contributed by atoms with Gasteiger partial charge in [0, 0.05) is 12.6 Å². The van der Waals surface area contributed by atoms with E-state index in [4.69, 9.17) is 5.26 Å². The van der Waals surface area contributed by atoms with Gasteiger partial charge >= 0.3 is 0 Å². The molecule has 1 aromatic carbocycles. The molecule has 5 nitrogen and oxygen atoms in total. The molecule has 1 heterocycles. The van der Waals surface area contributed by atoms with Crippen molar-refractivity contribution in [3.05, 3.63) is 29.6 Å². The summed E-state index contributed by atoms with van der Waals surface area (Å²) in [4.78, 5) is -0.338. The molecular formula is C12H13FN2O3S. The molecule has 0 spiro atoms. The number of halogens is 1. The second kappa shape index (κ2) is 5.25. The Morgan fingerprint density at radius 3 is 2.89 bits per heavy atom. The van der Waals surface area contributed by atoms with Crippen molar-refractivity contribution in [1.29, 1.82) is 5.26 Å². The van der Waals surface area contributed by atoms with Gasteiger partial charge in [-0.3, -0.25) is 0 Å². The largest absolute Gasteiger partial charge is 0.395 e. The van der Waals surface area contributed by atoms with Crippen LogP contribution in [0.25, 0.3) is 0 Å². The summed E-state index contributed by atoms with van der Waals surface area (Å²) in [5, 5.41) is 18.1. The highest BCUT2D eigenvalue weighted by Gasteiger charge is 2.36. The Kier molecular flexibility index (Phi) is 3.85. The first kappa shape index (κ1) is 13.9. The Morgan fingerprint density at radius 1 is 1.53 bits per heavy atom. The third-order valence-electron chi connectivity index (χ3n) is 3.21. The summed E-state index contributed by atoms with van der Waals surface area (Å²) in [5.41, 5.74) is -0.480. The van der Waals surface area contributed by atoms with Crippen LogP contribution < -0.4 is 0 Å². The predicted octanol–water partition coefficient (Wildman–Crippen LogP) is 0.843. The van der Waals surface area contributed by atoms with E-state index in [1.807, 2.05) is 0 Å². The van der Waals surface area contributed by atoms with Crippen LogP contribution in [-0.4, -0.2) is 37.0 Å². The SMILES string of the molecule is N#Cc1c(F)cccc1S(=O)(=O)N1CCCC1CO. The maximum Gasteiger partial charge on any atom is 0.244 e. The molecule has 1 unspecified atom stereocenters. The van der Waals surface area contributed by atoms with E-state index in [0.29, 0.717) is 12.8 Å². The molecule has 19 heavy (non-hydrogen) atoms. The summed E-state index contributed by atoms with van der Waals surface area (Å²) >= 11 is 0. The normalized spacial score (nSPS) is 20.4. The number of aliphatic hydroxyl groups excluding tert-OH is 1. The van der Waals surface area contributed by atoms with Gasteiger partial charge in [-0.2, -0.15) is 9.57 Å². The fraction of sp³-hybridized carbons (Fsp3) is 0.417. The third kappa shape index (κ3) is 2.34. The molecule has 102 valence electrons. The summed E-state index contributed by atoms with van der Waals surface area (Å²) in [6.07, 6.45) is 1.20. The molecule has 0 radical (unpaired) electrons. The van der Waals surface area contributed by atoms with Crippen LogP contribution in [0.4, 0.5) is 4.39 Å². The molecule has 1 aromatic rings. The lowest BCUT2D eigenvalue weighted by molar-refractivity contribution is 0.213. The van der Waals surface area contributed by atoms with Crippen molar-refractivity contribution in [3.8, 4) is 6.07 Å². The second-order valence-electron chi connectivity index (χ2n) is 4.32. The zero-order valence-corrected chi connectivity index (χ0v) is 10.9. The van der Waals surface area contributed by atoms with E-state index in [-0.39, 0.29) is 18.0 Å². The lowest BCUT2D eigenvalue weighted by Crippen LogP contribution is -2.38. The van der Waals surface area contributed by atoms with Crippen LogP contribution in [0, 0.1) is 17.1 Å². The van der Waals surface area contributed by atoms with Gasteiger partial charge in [-0.05, 0) is 25.0 Å². The van der Waals surface area contributed by atoms with Crippen LogP contribution in [0.1, 0.15) is 18.4 Å². The minimum absolute atomic E-state index is 0.273. The molecule has 1 atom stereocenters. The van der Waals surface area contributed by atoms with Crippen LogP contribution >= 0.6 is 0 Å². The number of sulfonamides is 1. The van der Waals surface area contributed by atoms with E-state index < -0.39 is 27.4 Å². The van der Waals surface area contributed by atoms with Gasteiger partial charge in [-0.25, -0.2) is 12.8 Å². The van der Waals surface area contributed by atoms with Gasteiger partial charge in [-0.1, -0.05) is 6.07 Å². The molecule has 0 aromatic heterocycles. The molecule has 0 bridgehead atoms.